The number of morpholine rings is 1. The van der Waals surface area contributed by atoms with Gasteiger partial charge in [0.1, 0.15) is 11.6 Å². The molecule has 2 fully saturated rings. The molecule has 154 valence electrons. The van der Waals surface area contributed by atoms with E-state index >= 15 is 0 Å². The third-order valence-corrected chi connectivity index (χ3v) is 6.73. The smallest absolute Gasteiger partial charge is 0.129 e. The predicted molar refractivity (Wildman–Crippen MR) is 118 cm³/mol. The Balaban J connectivity index is 1.29. The summed E-state index contributed by atoms with van der Waals surface area (Å²) in [4.78, 5) is 9.66. The lowest BCUT2D eigenvalue weighted by atomic mass is 9.89. The molecule has 0 amide bonds. The fourth-order valence-corrected chi connectivity index (χ4v) is 5.11. The predicted octanol–water partition coefficient (Wildman–Crippen LogP) is 4.00. The number of pyridine rings is 1. The number of nitrogens with one attached hydrogen (secondary N) is 1. The van der Waals surface area contributed by atoms with Gasteiger partial charge in [-0.3, -0.25) is 0 Å². The van der Waals surface area contributed by atoms with Crippen LogP contribution in [-0.4, -0.2) is 50.4 Å². The molecule has 1 aromatic heterocycles. The van der Waals surface area contributed by atoms with Crippen molar-refractivity contribution in [2.45, 2.75) is 18.4 Å². The Morgan fingerprint density at radius 3 is 2.73 bits per heavy atom. The highest BCUT2D eigenvalue weighted by Gasteiger charge is 2.37. The molecule has 2 unspecified atom stereocenters. The molecule has 30 heavy (non-hydrogen) atoms. The second-order valence-corrected chi connectivity index (χ2v) is 8.47. The maximum Gasteiger partial charge on any atom is 0.129 e. The molecule has 1 N–H and O–H groups in total. The van der Waals surface area contributed by atoms with Crippen LogP contribution < -0.4 is 15.1 Å². The van der Waals surface area contributed by atoms with Gasteiger partial charge in [-0.1, -0.05) is 6.07 Å². The topological polar surface area (TPSA) is 40.6 Å². The molecule has 5 nitrogen and oxygen atoms in total. The lowest BCUT2D eigenvalue weighted by Gasteiger charge is -2.36. The molecule has 2 atom stereocenters. The number of fused-ring (bicyclic) bond motifs is 4. The number of anilines is 3. The highest BCUT2D eigenvalue weighted by Crippen LogP contribution is 2.41. The average Bonchev–Trinajstić information content (AvgIpc) is 3.16. The van der Waals surface area contributed by atoms with Crippen LogP contribution in [0, 0.1) is 5.82 Å². The SMILES string of the molecule is Fc1ccc2c(c1)C1CN(c3ccc4ccc(N5CCOCC5)nc4c3)CCC1N2. The van der Waals surface area contributed by atoms with Crippen molar-refractivity contribution >= 4 is 28.1 Å². The summed E-state index contributed by atoms with van der Waals surface area (Å²) in [6.45, 7) is 5.16. The molecule has 0 aliphatic carbocycles. The molecule has 2 aromatic carbocycles. The van der Waals surface area contributed by atoms with E-state index < -0.39 is 0 Å². The van der Waals surface area contributed by atoms with Crippen LogP contribution >= 0.6 is 0 Å². The second kappa shape index (κ2) is 7.13. The quantitative estimate of drug-likeness (QED) is 0.699. The van der Waals surface area contributed by atoms with Crippen LogP contribution in [0.25, 0.3) is 10.9 Å². The van der Waals surface area contributed by atoms with Crippen molar-refractivity contribution in [3.05, 3.63) is 59.9 Å². The molecule has 4 heterocycles. The maximum atomic E-state index is 13.8. The highest BCUT2D eigenvalue weighted by molar-refractivity contribution is 5.84. The number of aromatic nitrogens is 1. The molecule has 3 aliphatic rings. The third kappa shape index (κ3) is 3.06. The summed E-state index contributed by atoms with van der Waals surface area (Å²) >= 11 is 0. The first-order valence-electron chi connectivity index (χ1n) is 10.8. The van der Waals surface area contributed by atoms with E-state index in [1.165, 1.54) is 5.69 Å². The van der Waals surface area contributed by atoms with Crippen LogP contribution in [0.1, 0.15) is 17.9 Å². The summed E-state index contributed by atoms with van der Waals surface area (Å²) in [5.41, 5.74) is 4.41. The third-order valence-electron chi connectivity index (χ3n) is 6.73. The second-order valence-electron chi connectivity index (χ2n) is 8.47. The first-order valence-corrected chi connectivity index (χ1v) is 10.8. The molecular weight excluding hydrogens is 379 g/mol. The first kappa shape index (κ1) is 18.0. The molecule has 0 spiro atoms. The molecule has 6 rings (SSSR count). The molecular formula is C24H25FN4O. The number of hydrogen-bond donors (Lipinski definition) is 1. The van der Waals surface area contributed by atoms with Crippen molar-refractivity contribution in [3.63, 3.8) is 0 Å². The summed E-state index contributed by atoms with van der Waals surface area (Å²) in [7, 11) is 0. The molecule has 0 saturated carbocycles. The van der Waals surface area contributed by atoms with Crippen molar-refractivity contribution in [1.29, 1.82) is 0 Å². The van der Waals surface area contributed by atoms with E-state index in [9.17, 15) is 4.39 Å². The van der Waals surface area contributed by atoms with Crippen molar-refractivity contribution in [2.24, 2.45) is 0 Å². The number of hydrogen-bond acceptors (Lipinski definition) is 5. The standard InChI is InChI=1S/C24H25FN4O/c25-17-3-5-21-19(13-17)20-15-29(8-7-22(20)26-21)18-4-1-16-2-6-24(27-23(16)14-18)28-9-11-30-12-10-28/h1-6,13-14,20,22,26H,7-12,15H2. The van der Waals surface area contributed by atoms with Gasteiger partial charge in [0.15, 0.2) is 0 Å². The zero-order chi connectivity index (χ0) is 20.1. The fraction of sp³-hybridized carbons (Fsp3) is 0.375. The maximum absolute atomic E-state index is 13.8. The lowest BCUT2D eigenvalue weighted by molar-refractivity contribution is 0.122. The minimum absolute atomic E-state index is 0.154. The minimum Gasteiger partial charge on any atom is -0.381 e. The van der Waals surface area contributed by atoms with Crippen LogP contribution in [0.3, 0.4) is 0 Å². The fourth-order valence-electron chi connectivity index (χ4n) is 5.11. The van der Waals surface area contributed by atoms with Gasteiger partial charge in [-0.25, -0.2) is 9.37 Å². The van der Waals surface area contributed by atoms with Crippen molar-refractivity contribution in [2.75, 3.05) is 54.5 Å². The largest absolute Gasteiger partial charge is 0.381 e. The van der Waals surface area contributed by atoms with Crippen LogP contribution in [0.15, 0.2) is 48.5 Å². The number of ether oxygens (including phenoxy) is 1. The monoisotopic (exact) mass is 404 g/mol. The van der Waals surface area contributed by atoms with Crippen molar-refractivity contribution in [3.8, 4) is 0 Å². The summed E-state index contributed by atoms with van der Waals surface area (Å²) in [5, 5.41) is 4.74. The Bertz CT molecular complexity index is 1100. The lowest BCUT2D eigenvalue weighted by Crippen LogP contribution is -2.42. The van der Waals surface area contributed by atoms with Gasteiger partial charge < -0.3 is 19.9 Å². The Morgan fingerprint density at radius 1 is 0.967 bits per heavy atom. The zero-order valence-corrected chi connectivity index (χ0v) is 16.9. The van der Waals surface area contributed by atoms with Gasteiger partial charge >= 0.3 is 0 Å². The Kier molecular flexibility index (Phi) is 4.27. The van der Waals surface area contributed by atoms with E-state index in [1.54, 1.807) is 12.1 Å². The van der Waals surface area contributed by atoms with E-state index in [1.807, 2.05) is 6.07 Å². The van der Waals surface area contributed by atoms with Gasteiger partial charge in [0.05, 0.1) is 18.7 Å². The molecule has 3 aliphatic heterocycles. The minimum atomic E-state index is -0.154. The van der Waals surface area contributed by atoms with Gasteiger partial charge in [-0.2, -0.15) is 0 Å². The van der Waals surface area contributed by atoms with Gasteiger partial charge in [-0.15, -0.1) is 0 Å². The highest BCUT2D eigenvalue weighted by atomic mass is 19.1. The number of benzene rings is 2. The van der Waals surface area contributed by atoms with Gasteiger partial charge in [-0.05, 0) is 54.4 Å². The summed E-state index contributed by atoms with van der Waals surface area (Å²) in [5.74, 6) is 1.18. The van der Waals surface area contributed by atoms with Crippen LogP contribution in [0.2, 0.25) is 0 Å². The van der Waals surface area contributed by atoms with E-state index in [0.29, 0.717) is 12.0 Å². The van der Waals surface area contributed by atoms with Gasteiger partial charge in [0, 0.05) is 54.9 Å². The Morgan fingerprint density at radius 2 is 1.83 bits per heavy atom. The molecule has 0 radical (unpaired) electrons. The first-order chi connectivity index (χ1) is 14.7. The van der Waals surface area contributed by atoms with Crippen molar-refractivity contribution in [1.82, 2.24) is 4.98 Å². The molecule has 0 bridgehead atoms. The zero-order valence-electron chi connectivity index (χ0n) is 16.9. The van der Waals surface area contributed by atoms with E-state index in [4.69, 9.17) is 9.72 Å². The Hall–Kier alpha value is -2.86. The van der Waals surface area contributed by atoms with Crippen LogP contribution in [0.5, 0.6) is 0 Å². The molecule has 2 saturated heterocycles. The van der Waals surface area contributed by atoms with E-state index in [-0.39, 0.29) is 5.82 Å². The summed E-state index contributed by atoms with van der Waals surface area (Å²) in [6, 6.07) is 16.3. The number of nitrogens with zero attached hydrogens (tertiary/aromatic N) is 3. The van der Waals surface area contributed by atoms with E-state index in [0.717, 1.165) is 73.8 Å². The normalized spacial score (nSPS) is 23.2. The summed E-state index contributed by atoms with van der Waals surface area (Å²) < 4.78 is 19.3. The van der Waals surface area contributed by atoms with Crippen LogP contribution in [-0.2, 0) is 4.74 Å². The average molecular weight is 404 g/mol. The Labute approximate surface area is 175 Å². The number of rotatable bonds is 2. The molecule has 6 heteroatoms. The van der Waals surface area contributed by atoms with Crippen LogP contribution in [0.4, 0.5) is 21.6 Å². The number of halogens is 1. The van der Waals surface area contributed by atoms with Gasteiger partial charge in [0.25, 0.3) is 0 Å². The van der Waals surface area contributed by atoms with Gasteiger partial charge in [0.2, 0.25) is 0 Å². The van der Waals surface area contributed by atoms with E-state index in [2.05, 4.69) is 45.4 Å². The van der Waals surface area contributed by atoms with Crippen molar-refractivity contribution < 1.29 is 9.13 Å². The summed E-state index contributed by atoms with van der Waals surface area (Å²) in [6.07, 6.45) is 1.04. The number of piperidine rings is 1. The molecule has 3 aromatic rings.